The van der Waals surface area contributed by atoms with Gasteiger partial charge in [-0.05, 0) is 89.0 Å². The zero-order valence-corrected chi connectivity index (χ0v) is 27.6. The van der Waals surface area contributed by atoms with Crippen LogP contribution in [0.5, 0.6) is 0 Å². The molecule has 0 unspecified atom stereocenters. The highest BCUT2D eigenvalue weighted by atomic mass is 16.3. The summed E-state index contributed by atoms with van der Waals surface area (Å²) in [6.45, 7) is 0. The van der Waals surface area contributed by atoms with Gasteiger partial charge in [0.05, 0.1) is 22.1 Å². The fourth-order valence-electron chi connectivity index (χ4n) is 8.25. The largest absolute Gasteiger partial charge is 0.456 e. The first-order valence-corrected chi connectivity index (χ1v) is 17.4. The fraction of sp³-hybridized carbons (Fsp3) is 0. The van der Waals surface area contributed by atoms with E-state index in [1.54, 1.807) is 0 Å². The Morgan fingerprint density at radius 2 is 0.882 bits per heavy atom. The molecule has 0 amide bonds. The minimum Gasteiger partial charge on any atom is -0.456 e. The lowest BCUT2D eigenvalue weighted by molar-refractivity contribution is 0.669. The zero-order valence-electron chi connectivity index (χ0n) is 27.6. The minimum absolute atomic E-state index is 0.907. The second-order valence-corrected chi connectivity index (χ2v) is 13.3. The smallest absolute Gasteiger partial charge is 0.136 e. The number of benzene rings is 8. The highest BCUT2D eigenvalue weighted by Gasteiger charge is 2.22. The number of hydrogen-bond acceptors (Lipinski definition) is 1. The summed E-state index contributed by atoms with van der Waals surface area (Å²) >= 11 is 0. The van der Waals surface area contributed by atoms with Crippen LogP contribution in [0.3, 0.4) is 0 Å². The number of aromatic nitrogens is 2. The van der Waals surface area contributed by atoms with Gasteiger partial charge in [-0.2, -0.15) is 0 Å². The van der Waals surface area contributed by atoms with Crippen LogP contribution in [0.4, 0.5) is 0 Å². The summed E-state index contributed by atoms with van der Waals surface area (Å²) in [5.74, 6) is 0. The number of nitrogens with zero attached hydrogens (tertiary/aromatic N) is 2. The lowest BCUT2D eigenvalue weighted by Gasteiger charge is -2.14. The van der Waals surface area contributed by atoms with Crippen LogP contribution in [-0.2, 0) is 0 Å². The molecule has 0 radical (unpaired) electrons. The first kappa shape index (κ1) is 28.0. The van der Waals surface area contributed by atoms with Crippen LogP contribution in [0.15, 0.2) is 186 Å². The summed E-state index contributed by atoms with van der Waals surface area (Å²) in [6, 6.07) is 65.5. The second-order valence-electron chi connectivity index (χ2n) is 13.3. The number of rotatable bonds is 4. The number of hydrogen-bond donors (Lipinski definition) is 0. The minimum atomic E-state index is 0.907. The van der Waals surface area contributed by atoms with Crippen molar-refractivity contribution in [3.63, 3.8) is 0 Å². The molecule has 0 saturated heterocycles. The van der Waals surface area contributed by atoms with E-state index in [1.165, 1.54) is 54.8 Å². The molecule has 3 aromatic heterocycles. The van der Waals surface area contributed by atoms with Crippen LogP contribution in [0.25, 0.3) is 99.2 Å². The van der Waals surface area contributed by atoms with E-state index in [2.05, 4.69) is 185 Å². The summed E-state index contributed by atoms with van der Waals surface area (Å²) in [5, 5.41) is 7.18. The van der Waals surface area contributed by atoms with E-state index < -0.39 is 0 Å². The maximum atomic E-state index is 6.43. The average molecular weight is 651 g/mol. The molecular weight excluding hydrogens is 621 g/mol. The molecule has 0 N–H and O–H groups in total. The Morgan fingerprint density at radius 3 is 1.61 bits per heavy atom. The molecule has 3 heterocycles. The highest BCUT2D eigenvalue weighted by molar-refractivity contribution is 6.29. The first-order chi connectivity index (χ1) is 25.3. The van der Waals surface area contributed by atoms with Crippen LogP contribution >= 0.6 is 0 Å². The molecule has 11 aromatic rings. The third-order valence-electron chi connectivity index (χ3n) is 10.5. The second kappa shape index (κ2) is 10.8. The van der Waals surface area contributed by atoms with Gasteiger partial charge >= 0.3 is 0 Å². The predicted octanol–water partition coefficient (Wildman–Crippen LogP) is 13.1. The lowest BCUT2D eigenvalue weighted by atomic mass is 9.98. The van der Waals surface area contributed by atoms with Crippen molar-refractivity contribution in [2.45, 2.75) is 0 Å². The first-order valence-electron chi connectivity index (χ1n) is 17.4. The Hall–Kier alpha value is -6.84. The third-order valence-corrected chi connectivity index (χ3v) is 10.5. The van der Waals surface area contributed by atoms with E-state index in [1.807, 2.05) is 6.07 Å². The summed E-state index contributed by atoms with van der Waals surface area (Å²) in [5.41, 5.74) is 13.5. The molecule has 0 aliphatic heterocycles. The SMILES string of the molecule is c1ccc(-c2cc(-c3ccccc3)cc(-n3c4ccccc4c4cc5c6c7c(ccc6n(-c6ccccc6)c5cc43)oc3ccccc37)c2)cc1. The Morgan fingerprint density at radius 1 is 0.294 bits per heavy atom. The molecule has 0 saturated carbocycles. The maximum absolute atomic E-state index is 6.43. The zero-order chi connectivity index (χ0) is 33.5. The Labute approximate surface area is 293 Å². The van der Waals surface area contributed by atoms with E-state index in [-0.39, 0.29) is 0 Å². The molecule has 0 spiro atoms. The van der Waals surface area contributed by atoms with E-state index in [0.717, 1.165) is 44.3 Å². The van der Waals surface area contributed by atoms with E-state index in [9.17, 15) is 0 Å². The quantitative estimate of drug-likeness (QED) is 0.186. The molecule has 0 atom stereocenters. The van der Waals surface area contributed by atoms with Crippen LogP contribution < -0.4 is 0 Å². The van der Waals surface area contributed by atoms with Gasteiger partial charge in [0.2, 0.25) is 0 Å². The van der Waals surface area contributed by atoms with Crippen molar-refractivity contribution >= 4 is 65.6 Å². The number of para-hydroxylation sites is 3. The fourth-order valence-corrected chi connectivity index (χ4v) is 8.25. The topological polar surface area (TPSA) is 23.0 Å². The highest BCUT2D eigenvalue weighted by Crippen LogP contribution is 2.44. The molecule has 51 heavy (non-hydrogen) atoms. The molecule has 0 fully saturated rings. The maximum Gasteiger partial charge on any atom is 0.136 e. The van der Waals surface area contributed by atoms with Crippen molar-refractivity contribution in [3.05, 3.63) is 182 Å². The Kier molecular flexibility index (Phi) is 5.96. The monoisotopic (exact) mass is 650 g/mol. The third kappa shape index (κ3) is 4.19. The van der Waals surface area contributed by atoms with Crippen molar-refractivity contribution in [1.29, 1.82) is 0 Å². The van der Waals surface area contributed by atoms with E-state index in [0.29, 0.717) is 0 Å². The van der Waals surface area contributed by atoms with Gasteiger partial charge in [0, 0.05) is 43.7 Å². The Bertz CT molecular complexity index is 3050. The van der Waals surface area contributed by atoms with Gasteiger partial charge in [0.15, 0.2) is 0 Å². The van der Waals surface area contributed by atoms with Crippen LogP contribution in [0.1, 0.15) is 0 Å². The van der Waals surface area contributed by atoms with Crippen molar-refractivity contribution in [1.82, 2.24) is 9.13 Å². The summed E-state index contributed by atoms with van der Waals surface area (Å²) in [6.07, 6.45) is 0. The van der Waals surface area contributed by atoms with Crippen LogP contribution in [-0.4, -0.2) is 9.13 Å². The van der Waals surface area contributed by atoms with Crippen molar-refractivity contribution in [2.75, 3.05) is 0 Å². The molecular formula is C48H30N2O. The van der Waals surface area contributed by atoms with Crippen molar-refractivity contribution in [3.8, 4) is 33.6 Å². The normalized spacial score (nSPS) is 11.9. The molecule has 0 aliphatic rings. The summed E-state index contributed by atoms with van der Waals surface area (Å²) in [7, 11) is 0. The number of fused-ring (bicyclic) bond motifs is 10. The molecule has 238 valence electrons. The summed E-state index contributed by atoms with van der Waals surface area (Å²) in [4.78, 5) is 0. The van der Waals surface area contributed by atoms with Crippen molar-refractivity contribution < 1.29 is 4.42 Å². The van der Waals surface area contributed by atoms with Gasteiger partial charge in [-0.3, -0.25) is 0 Å². The van der Waals surface area contributed by atoms with Gasteiger partial charge in [0.1, 0.15) is 11.2 Å². The van der Waals surface area contributed by atoms with Gasteiger partial charge in [-0.25, -0.2) is 0 Å². The standard InChI is InChI=1S/C48H30N2O/c1-4-14-31(15-5-1)33-26-34(32-16-6-2-7-17-32)28-36(27-33)50-41-22-12-10-20-37(41)39-29-40-44(30-43(39)50)49(35-18-8-3-9-19-35)42-24-25-46-48(47(40)42)38-21-11-13-23-45(38)51-46/h1-30H. The Balaban J connectivity index is 1.30. The lowest BCUT2D eigenvalue weighted by Crippen LogP contribution is -1.97. The van der Waals surface area contributed by atoms with Gasteiger partial charge < -0.3 is 13.6 Å². The molecule has 8 aromatic carbocycles. The average Bonchev–Trinajstić information content (AvgIpc) is 3.85. The molecule has 3 nitrogen and oxygen atoms in total. The number of furan rings is 1. The van der Waals surface area contributed by atoms with E-state index >= 15 is 0 Å². The molecule has 3 heteroatoms. The van der Waals surface area contributed by atoms with Gasteiger partial charge in [-0.15, -0.1) is 0 Å². The van der Waals surface area contributed by atoms with Gasteiger partial charge in [-0.1, -0.05) is 115 Å². The summed E-state index contributed by atoms with van der Waals surface area (Å²) < 4.78 is 11.3. The van der Waals surface area contributed by atoms with E-state index in [4.69, 9.17) is 4.42 Å². The molecule has 0 aliphatic carbocycles. The molecule has 11 rings (SSSR count). The van der Waals surface area contributed by atoms with Crippen LogP contribution in [0, 0.1) is 0 Å². The van der Waals surface area contributed by atoms with Crippen LogP contribution in [0.2, 0.25) is 0 Å². The predicted molar refractivity (Wildman–Crippen MR) is 213 cm³/mol. The molecule has 0 bridgehead atoms. The van der Waals surface area contributed by atoms with Gasteiger partial charge in [0.25, 0.3) is 0 Å². The van der Waals surface area contributed by atoms with Crippen molar-refractivity contribution in [2.24, 2.45) is 0 Å².